The molecule has 2 fully saturated rings. The first-order valence-electron chi connectivity index (χ1n) is 8.81. The summed E-state index contributed by atoms with van der Waals surface area (Å²) in [7, 11) is 0. The number of nitrogens with zero attached hydrogens (tertiary/aromatic N) is 2. The van der Waals surface area contributed by atoms with Crippen LogP contribution in [-0.2, 0) is 16.1 Å². The van der Waals surface area contributed by atoms with Crippen molar-refractivity contribution in [2.45, 2.75) is 32.1 Å². The predicted octanol–water partition coefficient (Wildman–Crippen LogP) is 2.62. The number of likely N-dealkylation sites (tertiary alicyclic amines) is 1. The largest absolute Gasteiger partial charge is 0.371 e. The molecule has 4 rings (SSSR count). The Bertz CT molecular complexity index is 732. The molecule has 3 atom stereocenters. The summed E-state index contributed by atoms with van der Waals surface area (Å²) in [5.41, 5.74) is 3.33. The van der Waals surface area contributed by atoms with E-state index in [0.717, 1.165) is 31.7 Å². The highest BCUT2D eigenvalue weighted by Gasteiger charge is 2.44. The van der Waals surface area contributed by atoms with Crippen LogP contribution in [0.3, 0.4) is 0 Å². The molecular formula is C20H23N3O2. The second-order valence-corrected chi connectivity index (χ2v) is 7.05. The third-order valence-electron chi connectivity index (χ3n) is 5.03. The summed E-state index contributed by atoms with van der Waals surface area (Å²) in [6, 6.07) is 12.3. The fraction of sp³-hybridized carbons (Fsp3) is 0.400. The van der Waals surface area contributed by atoms with Crippen molar-refractivity contribution >= 4 is 11.6 Å². The summed E-state index contributed by atoms with van der Waals surface area (Å²) in [6.45, 7) is 4.70. The Morgan fingerprint density at radius 1 is 1.28 bits per heavy atom. The molecule has 25 heavy (non-hydrogen) atoms. The molecule has 5 nitrogen and oxygen atoms in total. The minimum Gasteiger partial charge on any atom is -0.371 e. The summed E-state index contributed by atoms with van der Waals surface area (Å²) in [6.07, 6.45) is 4.28. The van der Waals surface area contributed by atoms with Gasteiger partial charge in [-0.1, -0.05) is 29.8 Å². The van der Waals surface area contributed by atoms with Crippen molar-refractivity contribution in [3.63, 3.8) is 0 Å². The highest BCUT2D eigenvalue weighted by atomic mass is 16.5. The van der Waals surface area contributed by atoms with Crippen LogP contribution < -0.4 is 5.32 Å². The lowest BCUT2D eigenvalue weighted by Crippen LogP contribution is -2.44. The second kappa shape index (κ2) is 6.94. The number of ether oxygens (including phenoxy) is 1. The first kappa shape index (κ1) is 16.2. The number of rotatable bonds is 4. The Morgan fingerprint density at radius 3 is 2.88 bits per heavy atom. The van der Waals surface area contributed by atoms with Gasteiger partial charge in [-0.3, -0.25) is 14.7 Å². The molecule has 2 aliphatic heterocycles. The minimum atomic E-state index is -0.0896. The van der Waals surface area contributed by atoms with Crippen molar-refractivity contribution in [2.75, 3.05) is 18.4 Å². The molecule has 2 saturated heterocycles. The summed E-state index contributed by atoms with van der Waals surface area (Å²) in [5.74, 6) is -0.0501. The lowest BCUT2D eigenvalue weighted by Gasteiger charge is -2.32. The standard InChI is InChI=1S/C20H23N3O2/c1-14-4-6-15(7-5-14)11-23-12-17-9-18(19(13-23)25-17)20(24)22-16-3-2-8-21-10-16/h2-8,10,17-19H,9,11-13H2,1H3,(H,22,24)/t17-,18-,19-/m0/s1. The van der Waals surface area contributed by atoms with Gasteiger partial charge in [-0.25, -0.2) is 0 Å². The molecular weight excluding hydrogens is 314 g/mol. The number of hydrogen-bond donors (Lipinski definition) is 1. The summed E-state index contributed by atoms with van der Waals surface area (Å²) in [4.78, 5) is 19.1. The number of benzene rings is 1. The molecule has 130 valence electrons. The zero-order chi connectivity index (χ0) is 17.2. The van der Waals surface area contributed by atoms with Gasteiger partial charge < -0.3 is 10.1 Å². The van der Waals surface area contributed by atoms with Gasteiger partial charge in [0.15, 0.2) is 0 Å². The van der Waals surface area contributed by atoms with E-state index < -0.39 is 0 Å². The monoisotopic (exact) mass is 337 g/mol. The van der Waals surface area contributed by atoms with Gasteiger partial charge in [0.25, 0.3) is 0 Å². The lowest BCUT2D eigenvalue weighted by atomic mass is 9.99. The lowest BCUT2D eigenvalue weighted by molar-refractivity contribution is -0.123. The van der Waals surface area contributed by atoms with Crippen LogP contribution >= 0.6 is 0 Å². The summed E-state index contributed by atoms with van der Waals surface area (Å²) < 4.78 is 6.04. The Labute approximate surface area is 148 Å². The van der Waals surface area contributed by atoms with Gasteiger partial charge in [0.05, 0.1) is 30.0 Å². The maximum absolute atomic E-state index is 12.6. The summed E-state index contributed by atoms with van der Waals surface area (Å²) >= 11 is 0. The molecule has 2 aliphatic rings. The van der Waals surface area contributed by atoms with Gasteiger partial charge in [-0.15, -0.1) is 0 Å². The maximum Gasteiger partial charge on any atom is 0.230 e. The van der Waals surface area contributed by atoms with E-state index in [-0.39, 0.29) is 24.0 Å². The van der Waals surface area contributed by atoms with E-state index >= 15 is 0 Å². The van der Waals surface area contributed by atoms with E-state index in [1.165, 1.54) is 11.1 Å². The Kier molecular flexibility index (Phi) is 4.51. The third kappa shape index (κ3) is 3.72. The predicted molar refractivity (Wildman–Crippen MR) is 96.1 cm³/mol. The molecule has 0 aliphatic carbocycles. The van der Waals surface area contributed by atoms with Crippen molar-refractivity contribution in [1.82, 2.24) is 9.88 Å². The van der Waals surface area contributed by atoms with Crippen LogP contribution in [0.2, 0.25) is 0 Å². The van der Waals surface area contributed by atoms with E-state index in [4.69, 9.17) is 4.74 Å². The van der Waals surface area contributed by atoms with E-state index in [1.54, 1.807) is 12.4 Å². The molecule has 0 radical (unpaired) electrons. The highest BCUT2D eigenvalue weighted by Crippen LogP contribution is 2.33. The molecule has 2 aromatic rings. The van der Waals surface area contributed by atoms with Crippen LogP contribution in [0.5, 0.6) is 0 Å². The number of aryl methyl sites for hydroxylation is 1. The number of hydrogen-bond acceptors (Lipinski definition) is 4. The van der Waals surface area contributed by atoms with E-state index in [2.05, 4.69) is 46.4 Å². The first-order chi connectivity index (χ1) is 12.2. The molecule has 0 saturated carbocycles. The van der Waals surface area contributed by atoms with Crippen LogP contribution in [0.1, 0.15) is 17.5 Å². The number of aromatic nitrogens is 1. The number of fused-ring (bicyclic) bond motifs is 2. The SMILES string of the molecule is Cc1ccc(CN2C[C@@H]3C[C@H](C(=O)Nc4cccnc4)[C@H](C2)O3)cc1. The molecule has 3 heterocycles. The Morgan fingerprint density at radius 2 is 2.12 bits per heavy atom. The van der Waals surface area contributed by atoms with Crippen molar-refractivity contribution in [2.24, 2.45) is 5.92 Å². The van der Waals surface area contributed by atoms with Crippen LogP contribution in [0.4, 0.5) is 5.69 Å². The number of carbonyl (C=O) groups is 1. The smallest absolute Gasteiger partial charge is 0.230 e. The normalized spacial score (nSPS) is 25.7. The first-order valence-corrected chi connectivity index (χ1v) is 8.81. The molecule has 1 amide bonds. The molecule has 1 N–H and O–H groups in total. The number of morpholine rings is 1. The van der Waals surface area contributed by atoms with Gasteiger partial charge in [0, 0.05) is 25.8 Å². The maximum atomic E-state index is 12.6. The number of anilines is 1. The molecule has 2 bridgehead atoms. The van der Waals surface area contributed by atoms with Crippen molar-refractivity contribution in [3.05, 3.63) is 59.9 Å². The van der Waals surface area contributed by atoms with Gasteiger partial charge in [-0.05, 0) is 31.0 Å². The fourth-order valence-corrected chi connectivity index (χ4v) is 3.77. The van der Waals surface area contributed by atoms with Crippen molar-refractivity contribution in [3.8, 4) is 0 Å². The van der Waals surface area contributed by atoms with Crippen molar-refractivity contribution < 1.29 is 9.53 Å². The van der Waals surface area contributed by atoms with Gasteiger partial charge in [-0.2, -0.15) is 0 Å². The van der Waals surface area contributed by atoms with E-state index in [0.29, 0.717) is 0 Å². The number of pyridine rings is 1. The third-order valence-corrected chi connectivity index (χ3v) is 5.03. The zero-order valence-electron chi connectivity index (χ0n) is 14.4. The molecule has 5 heteroatoms. The van der Waals surface area contributed by atoms with E-state index in [1.807, 2.05) is 12.1 Å². The van der Waals surface area contributed by atoms with Gasteiger partial charge in [0.1, 0.15) is 0 Å². The molecule has 0 spiro atoms. The van der Waals surface area contributed by atoms with Crippen LogP contribution in [0.15, 0.2) is 48.8 Å². The van der Waals surface area contributed by atoms with E-state index in [9.17, 15) is 4.79 Å². The summed E-state index contributed by atoms with van der Waals surface area (Å²) in [5, 5.41) is 2.97. The van der Waals surface area contributed by atoms with Crippen molar-refractivity contribution in [1.29, 1.82) is 0 Å². The average Bonchev–Trinajstić information content (AvgIpc) is 2.92. The van der Waals surface area contributed by atoms with Crippen LogP contribution in [-0.4, -0.2) is 41.1 Å². The molecule has 0 unspecified atom stereocenters. The number of amides is 1. The van der Waals surface area contributed by atoms with Gasteiger partial charge in [0.2, 0.25) is 5.91 Å². The fourth-order valence-electron chi connectivity index (χ4n) is 3.77. The topological polar surface area (TPSA) is 54.5 Å². The zero-order valence-corrected chi connectivity index (χ0v) is 14.4. The highest BCUT2D eigenvalue weighted by molar-refractivity contribution is 5.93. The Hall–Kier alpha value is -2.24. The minimum absolute atomic E-state index is 0.0270. The second-order valence-electron chi connectivity index (χ2n) is 7.05. The molecule has 1 aromatic carbocycles. The van der Waals surface area contributed by atoms with Crippen LogP contribution in [0.25, 0.3) is 0 Å². The Balaban J connectivity index is 1.38. The number of nitrogens with one attached hydrogen (secondary N) is 1. The van der Waals surface area contributed by atoms with Crippen LogP contribution in [0, 0.1) is 12.8 Å². The number of carbonyl (C=O) groups excluding carboxylic acids is 1. The quantitative estimate of drug-likeness (QED) is 0.932. The van der Waals surface area contributed by atoms with Gasteiger partial charge >= 0.3 is 0 Å². The molecule has 1 aromatic heterocycles. The average molecular weight is 337 g/mol.